The van der Waals surface area contributed by atoms with Crippen LogP contribution >= 0.6 is 0 Å². The van der Waals surface area contributed by atoms with Crippen molar-refractivity contribution in [3.63, 3.8) is 0 Å². The number of hydrogen-bond acceptors (Lipinski definition) is 4. The van der Waals surface area contributed by atoms with Crippen LogP contribution in [0.25, 0.3) is 17.1 Å². The lowest BCUT2D eigenvalue weighted by atomic mass is 9.98. The van der Waals surface area contributed by atoms with E-state index >= 15 is 0 Å². The van der Waals surface area contributed by atoms with Gasteiger partial charge in [0.1, 0.15) is 0 Å². The van der Waals surface area contributed by atoms with E-state index in [1.165, 1.54) is 6.08 Å². The van der Waals surface area contributed by atoms with Crippen molar-refractivity contribution in [3.05, 3.63) is 71.6 Å². The minimum atomic E-state index is -0.200. The number of nitrogens with zero attached hydrogens (tertiary/aromatic N) is 2. The Morgan fingerprint density at radius 2 is 2.00 bits per heavy atom. The van der Waals surface area contributed by atoms with Crippen LogP contribution in [0.15, 0.2) is 54.7 Å². The molecule has 140 valence electrons. The van der Waals surface area contributed by atoms with Gasteiger partial charge >= 0.3 is 0 Å². The van der Waals surface area contributed by atoms with Gasteiger partial charge in [-0.1, -0.05) is 24.3 Å². The van der Waals surface area contributed by atoms with Gasteiger partial charge in [0.05, 0.1) is 29.0 Å². The first kappa shape index (κ1) is 17.9. The normalized spacial score (nSPS) is 14.5. The quantitative estimate of drug-likeness (QED) is 0.688. The van der Waals surface area contributed by atoms with E-state index in [-0.39, 0.29) is 17.9 Å². The van der Waals surface area contributed by atoms with Crippen molar-refractivity contribution in [2.24, 2.45) is 0 Å². The van der Waals surface area contributed by atoms with Crippen LogP contribution in [-0.2, 0) is 16.0 Å². The molecule has 1 atom stereocenters. The molecular weight excluding hydrogens is 352 g/mol. The molecule has 0 bridgehead atoms. The molecule has 0 saturated heterocycles. The Morgan fingerprint density at radius 3 is 2.86 bits per heavy atom. The lowest BCUT2D eigenvalue weighted by Gasteiger charge is -2.20. The second kappa shape index (κ2) is 7.60. The van der Waals surface area contributed by atoms with E-state index in [9.17, 15) is 9.59 Å². The van der Waals surface area contributed by atoms with Crippen LogP contribution in [0.1, 0.15) is 36.2 Å². The van der Waals surface area contributed by atoms with Crippen molar-refractivity contribution in [3.8, 4) is 0 Å². The van der Waals surface area contributed by atoms with Gasteiger partial charge in [0.2, 0.25) is 11.8 Å². The largest absolute Gasteiger partial charge is 0.346 e. The fourth-order valence-electron chi connectivity index (χ4n) is 3.23. The molecule has 0 spiro atoms. The summed E-state index contributed by atoms with van der Waals surface area (Å²) in [5.74, 6) is -0.156. The van der Waals surface area contributed by atoms with Crippen LogP contribution < -0.4 is 10.6 Å². The highest BCUT2D eigenvalue weighted by molar-refractivity contribution is 5.94. The Hall–Kier alpha value is -3.54. The van der Waals surface area contributed by atoms with E-state index in [1.54, 1.807) is 12.3 Å². The zero-order valence-corrected chi connectivity index (χ0v) is 15.5. The summed E-state index contributed by atoms with van der Waals surface area (Å²) in [5.41, 5.74) is 5.20. The van der Waals surface area contributed by atoms with Crippen molar-refractivity contribution in [2.45, 2.75) is 25.8 Å². The highest BCUT2D eigenvalue weighted by Crippen LogP contribution is 2.26. The molecule has 2 amide bonds. The Balaban J connectivity index is 1.42. The number of nitrogens with one attached hydrogen (secondary N) is 2. The monoisotopic (exact) mass is 372 g/mol. The van der Waals surface area contributed by atoms with E-state index in [4.69, 9.17) is 0 Å². The van der Waals surface area contributed by atoms with Crippen molar-refractivity contribution < 1.29 is 9.59 Å². The lowest BCUT2D eigenvalue weighted by Crippen LogP contribution is -2.25. The van der Waals surface area contributed by atoms with E-state index < -0.39 is 0 Å². The minimum absolute atomic E-state index is 0.0449. The summed E-state index contributed by atoms with van der Waals surface area (Å²) in [6, 6.07) is 13.3. The molecule has 6 heteroatoms. The van der Waals surface area contributed by atoms with Crippen molar-refractivity contribution >= 4 is 34.6 Å². The number of aromatic nitrogens is 2. The fraction of sp³-hybridized carbons (Fsp3) is 0.182. The Bertz CT molecular complexity index is 1090. The molecule has 0 aliphatic carbocycles. The van der Waals surface area contributed by atoms with Crippen LogP contribution in [0.2, 0.25) is 0 Å². The standard InChI is InChI=1S/C22H20N4O2/c1-14(15-6-9-18-16(12-15)7-10-22(28)26-18)24-21(27)11-8-17-13-23-19-4-2-3-5-20(19)25-17/h2-6,8-9,11-14H,7,10H2,1H3,(H,24,27)(H,26,28)/b11-8+. The van der Waals surface area contributed by atoms with Crippen LogP contribution in [0.4, 0.5) is 5.69 Å². The Morgan fingerprint density at radius 1 is 1.18 bits per heavy atom. The van der Waals surface area contributed by atoms with Crippen LogP contribution in [0.5, 0.6) is 0 Å². The molecule has 2 aromatic carbocycles. The van der Waals surface area contributed by atoms with E-state index in [0.29, 0.717) is 12.1 Å². The fourth-order valence-corrected chi connectivity index (χ4v) is 3.23. The first-order chi connectivity index (χ1) is 13.6. The van der Waals surface area contributed by atoms with E-state index in [2.05, 4.69) is 20.6 Å². The number of hydrogen-bond donors (Lipinski definition) is 2. The maximum Gasteiger partial charge on any atom is 0.244 e. The number of amides is 2. The van der Waals surface area contributed by atoms with Gasteiger partial charge in [-0.05, 0) is 48.7 Å². The molecule has 2 N–H and O–H groups in total. The van der Waals surface area contributed by atoms with Gasteiger partial charge in [-0.25, -0.2) is 4.98 Å². The number of fused-ring (bicyclic) bond motifs is 2. The average molecular weight is 372 g/mol. The molecule has 1 aliphatic rings. The minimum Gasteiger partial charge on any atom is -0.346 e. The Kier molecular flexibility index (Phi) is 4.85. The van der Waals surface area contributed by atoms with E-state index in [1.807, 2.05) is 49.4 Å². The molecule has 1 unspecified atom stereocenters. The summed E-state index contributed by atoms with van der Waals surface area (Å²) in [7, 11) is 0. The third-order valence-electron chi connectivity index (χ3n) is 4.76. The zero-order chi connectivity index (χ0) is 19.5. The molecule has 4 rings (SSSR count). The molecule has 28 heavy (non-hydrogen) atoms. The molecule has 1 aromatic heterocycles. The predicted octanol–water partition coefficient (Wildman–Crippen LogP) is 3.41. The van der Waals surface area contributed by atoms with Gasteiger partial charge < -0.3 is 10.6 Å². The number of rotatable bonds is 4. The second-order valence-corrected chi connectivity index (χ2v) is 6.81. The van der Waals surface area contributed by atoms with Crippen LogP contribution in [-0.4, -0.2) is 21.8 Å². The lowest BCUT2D eigenvalue weighted by molar-refractivity contribution is -0.117. The number of para-hydroxylation sites is 2. The molecule has 0 fully saturated rings. The molecule has 2 heterocycles. The molecule has 1 aliphatic heterocycles. The van der Waals surface area contributed by atoms with E-state index in [0.717, 1.165) is 34.3 Å². The highest BCUT2D eigenvalue weighted by atomic mass is 16.2. The summed E-state index contributed by atoms with van der Waals surface area (Å²) < 4.78 is 0. The topological polar surface area (TPSA) is 84.0 Å². The number of anilines is 1. The van der Waals surface area contributed by atoms with Gasteiger partial charge in [0.25, 0.3) is 0 Å². The molecule has 0 saturated carbocycles. The number of carbonyl (C=O) groups is 2. The maximum absolute atomic E-state index is 12.3. The highest BCUT2D eigenvalue weighted by Gasteiger charge is 2.16. The van der Waals surface area contributed by atoms with Gasteiger partial charge in [-0.2, -0.15) is 0 Å². The van der Waals surface area contributed by atoms with Crippen molar-refractivity contribution in [1.82, 2.24) is 15.3 Å². The summed E-state index contributed by atoms with van der Waals surface area (Å²) >= 11 is 0. The van der Waals surface area contributed by atoms with Gasteiger partial charge in [0, 0.05) is 18.2 Å². The van der Waals surface area contributed by atoms with Gasteiger partial charge in [0.15, 0.2) is 0 Å². The summed E-state index contributed by atoms with van der Waals surface area (Å²) in [5, 5.41) is 5.83. The van der Waals surface area contributed by atoms with Crippen LogP contribution in [0.3, 0.4) is 0 Å². The number of carbonyl (C=O) groups excluding carboxylic acids is 2. The number of aryl methyl sites for hydroxylation is 1. The third kappa shape index (κ3) is 3.91. The van der Waals surface area contributed by atoms with Gasteiger partial charge in [-0.3, -0.25) is 14.6 Å². The van der Waals surface area contributed by atoms with Crippen molar-refractivity contribution in [2.75, 3.05) is 5.32 Å². The summed E-state index contributed by atoms with van der Waals surface area (Å²) in [4.78, 5) is 32.6. The number of benzene rings is 2. The second-order valence-electron chi connectivity index (χ2n) is 6.81. The first-order valence-corrected chi connectivity index (χ1v) is 9.21. The van der Waals surface area contributed by atoms with Gasteiger partial charge in [-0.15, -0.1) is 0 Å². The molecule has 6 nitrogen and oxygen atoms in total. The maximum atomic E-state index is 12.3. The zero-order valence-electron chi connectivity index (χ0n) is 15.5. The average Bonchev–Trinajstić information content (AvgIpc) is 2.71. The first-order valence-electron chi connectivity index (χ1n) is 9.21. The molecular formula is C22H20N4O2. The summed E-state index contributed by atoms with van der Waals surface area (Å²) in [6.45, 7) is 1.94. The predicted molar refractivity (Wildman–Crippen MR) is 109 cm³/mol. The van der Waals surface area contributed by atoms with Crippen LogP contribution in [0, 0.1) is 0 Å². The van der Waals surface area contributed by atoms with Crippen molar-refractivity contribution in [1.29, 1.82) is 0 Å². The SMILES string of the molecule is CC(NC(=O)/C=C/c1cnc2ccccc2n1)c1ccc2c(c1)CCC(=O)N2. The summed E-state index contributed by atoms with van der Waals surface area (Å²) in [6.07, 6.45) is 5.98. The third-order valence-corrected chi connectivity index (χ3v) is 4.76. The molecule has 3 aromatic rings. The smallest absolute Gasteiger partial charge is 0.244 e. The Labute approximate surface area is 162 Å². The molecule has 0 radical (unpaired) electrons.